The Morgan fingerprint density at radius 2 is 1.56 bits per heavy atom. The minimum atomic E-state index is -1.15. The Morgan fingerprint density at radius 3 is 2.06 bits per heavy atom. The Bertz CT molecular complexity index is 336. The van der Waals surface area contributed by atoms with Crippen LogP contribution in [-0.4, -0.2) is 34.4 Å². The summed E-state index contributed by atoms with van der Waals surface area (Å²) in [4.78, 5) is 2.40. The third-order valence-electron chi connectivity index (χ3n) is 3.11. The number of ether oxygens (including phenoxy) is 1. The van der Waals surface area contributed by atoms with E-state index in [9.17, 15) is 0 Å². The van der Waals surface area contributed by atoms with E-state index in [-0.39, 0.29) is 0 Å². The molecule has 0 radical (unpaired) electrons. The quantitative estimate of drug-likeness (QED) is 0.728. The van der Waals surface area contributed by atoms with E-state index in [2.05, 4.69) is 48.8 Å². The van der Waals surface area contributed by atoms with Crippen molar-refractivity contribution in [3.63, 3.8) is 0 Å². The van der Waals surface area contributed by atoms with Gasteiger partial charge in [0.2, 0.25) is 0 Å². The molecule has 3 heteroatoms. The van der Waals surface area contributed by atoms with Crippen molar-refractivity contribution in [2.24, 2.45) is 0 Å². The number of nitrogens with zero attached hydrogens (tertiary/aromatic N) is 1. The zero-order valence-electron chi connectivity index (χ0n) is 10.5. The summed E-state index contributed by atoms with van der Waals surface area (Å²) >= 11 is 0. The number of hydrogen-bond donors (Lipinski definition) is 0. The Kier molecular flexibility index (Phi) is 3.35. The summed E-state index contributed by atoms with van der Waals surface area (Å²) in [5.74, 6) is 0. The molecule has 1 fully saturated rings. The minimum absolute atomic E-state index is 0.857. The van der Waals surface area contributed by atoms with Gasteiger partial charge in [0.25, 0.3) is 0 Å². The highest BCUT2D eigenvalue weighted by Gasteiger charge is 2.17. The Labute approximate surface area is 99.2 Å². The first-order valence-corrected chi connectivity index (χ1v) is 9.50. The first-order chi connectivity index (χ1) is 7.57. The van der Waals surface area contributed by atoms with Gasteiger partial charge in [-0.15, -0.1) is 0 Å². The van der Waals surface area contributed by atoms with E-state index in [1.807, 2.05) is 0 Å². The van der Waals surface area contributed by atoms with Gasteiger partial charge in [-0.2, -0.15) is 0 Å². The lowest BCUT2D eigenvalue weighted by Crippen LogP contribution is -2.39. The lowest BCUT2D eigenvalue weighted by Gasteiger charge is -2.29. The van der Waals surface area contributed by atoms with Gasteiger partial charge in [0.15, 0.2) is 0 Å². The molecule has 1 aliphatic heterocycles. The lowest BCUT2D eigenvalue weighted by atomic mass is 10.2. The first kappa shape index (κ1) is 11.7. The molecule has 0 saturated carbocycles. The van der Waals surface area contributed by atoms with Crippen molar-refractivity contribution in [1.82, 2.24) is 0 Å². The van der Waals surface area contributed by atoms with Gasteiger partial charge in [-0.25, -0.2) is 0 Å². The smallest absolute Gasteiger partial charge is 0.0775 e. The average molecular weight is 235 g/mol. The number of hydrogen-bond acceptors (Lipinski definition) is 2. The van der Waals surface area contributed by atoms with Gasteiger partial charge in [-0.1, -0.05) is 37.0 Å². The van der Waals surface area contributed by atoms with Crippen LogP contribution in [0, 0.1) is 0 Å². The number of morpholine rings is 1. The van der Waals surface area contributed by atoms with Gasteiger partial charge in [0.05, 0.1) is 21.3 Å². The molecule has 1 saturated heterocycles. The second kappa shape index (κ2) is 4.59. The van der Waals surface area contributed by atoms with E-state index in [1.54, 1.807) is 0 Å². The third-order valence-corrected chi connectivity index (χ3v) is 5.17. The standard InChI is InChI=1S/C13H21NOSi/c1-16(2,3)13-6-4-12(5-7-13)14-8-10-15-11-9-14/h4-7H,8-11H2,1-3H3. The van der Waals surface area contributed by atoms with Crippen LogP contribution >= 0.6 is 0 Å². The molecule has 16 heavy (non-hydrogen) atoms. The number of anilines is 1. The van der Waals surface area contributed by atoms with Gasteiger partial charge in [0, 0.05) is 18.8 Å². The van der Waals surface area contributed by atoms with Gasteiger partial charge in [-0.3, -0.25) is 0 Å². The van der Waals surface area contributed by atoms with Crippen molar-refractivity contribution in [3.05, 3.63) is 24.3 Å². The summed E-state index contributed by atoms with van der Waals surface area (Å²) in [5.41, 5.74) is 1.34. The molecule has 0 aliphatic carbocycles. The predicted octanol–water partition coefficient (Wildman–Crippen LogP) is 2.07. The third kappa shape index (κ3) is 2.65. The zero-order valence-corrected chi connectivity index (χ0v) is 11.5. The van der Waals surface area contributed by atoms with Gasteiger partial charge >= 0.3 is 0 Å². The molecule has 1 heterocycles. The molecule has 0 unspecified atom stereocenters. The maximum atomic E-state index is 5.36. The maximum absolute atomic E-state index is 5.36. The van der Waals surface area contributed by atoms with Crippen LogP contribution in [-0.2, 0) is 4.74 Å². The van der Waals surface area contributed by atoms with E-state index in [4.69, 9.17) is 4.74 Å². The van der Waals surface area contributed by atoms with E-state index >= 15 is 0 Å². The monoisotopic (exact) mass is 235 g/mol. The van der Waals surface area contributed by atoms with E-state index in [1.165, 1.54) is 10.9 Å². The topological polar surface area (TPSA) is 12.5 Å². The average Bonchev–Trinajstić information content (AvgIpc) is 2.29. The van der Waals surface area contributed by atoms with Crippen LogP contribution < -0.4 is 10.1 Å². The van der Waals surface area contributed by atoms with Crippen molar-refractivity contribution in [3.8, 4) is 0 Å². The van der Waals surface area contributed by atoms with Crippen molar-refractivity contribution in [2.75, 3.05) is 31.2 Å². The van der Waals surface area contributed by atoms with Gasteiger partial charge < -0.3 is 9.64 Å². The van der Waals surface area contributed by atoms with E-state index in [0.717, 1.165) is 26.3 Å². The molecule has 2 nitrogen and oxygen atoms in total. The molecular formula is C13H21NOSi. The van der Waals surface area contributed by atoms with Crippen LogP contribution in [0.3, 0.4) is 0 Å². The molecule has 1 aliphatic rings. The summed E-state index contributed by atoms with van der Waals surface area (Å²) < 4.78 is 5.36. The second-order valence-corrected chi connectivity index (χ2v) is 10.5. The Morgan fingerprint density at radius 1 is 1.00 bits per heavy atom. The predicted molar refractivity (Wildman–Crippen MR) is 72.5 cm³/mol. The van der Waals surface area contributed by atoms with Crippen LogP contribution in [0.1, 0.15) is 0 Å². The fraction of sp³-hybridized carbons (Fsp3) is 0.538. The molecule has 2 rings (SSSR count). The highest BCUT2D eigenvalue weighted by molar-refractivity contribution is 6.88. The first-order valence-electron chi connectivity index (χ1n) is 6.00. The van der Waals surface area contributed by atoms with Crippen LogP contribution in [0.15, 0.2) is 24.3 Å². The fourth-order valence-corrected chi connectivity index (χ4v) is 3.16. The molecule has 1 aromatic rings. The summed E-state index contributed by atoms with van der Waals surface area (Å²) in [7, 11) is -1.15. The van der Waals surface area contributed by atoms with Crippen molar-refractivity contribution >= 4 is 18.9 Å². The molecule has 0 bridgehead atoms. The number of benzene rings is 1. The molecule has 0 N–H and O–H groups in total. The number of rotatable bonds is 2. The molecule has 0 aromatic heterocycles. The molecular weight excluding hydrogens is 214 g/mol. The van der Waals surface area contributed by atoms with Crippen LogP contribution in [0.4, 0.5) is 5.69 Å². The molecule has 0 spiro atoms. The molecule has 0 atom stereocenters. The van der Waals surface area contributed by atoms with Crippen LogP contribution in [0.25, 0.3) is 0 Å². The second-order valence-electron chi connectivity index (χ2n) is 5.40. The lowest BCUT2D eigenvalue weighted by molar-refractivity contribution is 0.122. The van der Waals surface area contributed by atoms with Gasteiger partial charge in [0.1, 0.15) is 0 Å². The maximum Gasteiger partial charge on any atom is 0.0775 e. The Balaban J connectivity index is 2.12. The SMILES string of the molecule is C[Si](C)(C)c1ccc(N2CCOCC2)cc1. The summed E-state index contributed by atoms with van der Waals surface area (Å²) in [5, 5.41) is 1.53. The van der Waals surface area contributed by atoms with Crippen LogP contribution in [0.2, 0.25) is 19.6 Å². The fourth-order valence-electron chi connectivity index (χ4n) is 1.99. The molecule has 0 amide bonds. The van der Waals surface area contributed by atoms with Crippen LogP contribution in [0.5, 0.6) is 0 Å². The minimum Gasteiger partial charge on any atom is -0.378 e. The highest BCUT2D eigenvalue weighted by atomic mass is 28.3. The van der Waals surface area contributed by atoms with Crippen molar-refractivity contribution in [2.45, 2.75) is 19.6 Å². The molecule has 88 valence electrons. The molecule has 1 aromatic carbocycles. The highest BCUT2D eigenvalue weighted by Crippen LogP contribution is 2.15. The summed E-state index contributed by atoms with van der Waals surface area (Å²) in [6.07, 6.45) is 0. The van der Waals surface area contributed by atoms with E-state index in [0.29, 0.717) is 0 Å². The Hall–Kier alpha value is -0.803. The van der Waals surface area contributed by atoms with Gasteiger partial charge in [-0.05, 0) is 12.1 Å². The summed E-state index contributed by atoms with van der Waals surface area (Å²) in [6, 6.07) is 9.13. The largest absolute Gasteiger partial charge is 0.378 e. The summed E-state index contributed by atoms with van der Waals surface area (Å²) in [6.45, 7) is 10.9. The van der Waals surface area contributed by atoms with E-state index < -0.39 is 8.07 Å². The van der Waals surface area contributed by atoms with Crippen molar-refractivity contribution in [1.29, 1.82) is 0 Å². The zero-order chi connectivity index (χ0) is 11.6. The normalized spacial score (nSPS) is 17.6. The van der Waals surface area contributed by atoms with Crippen molar-refractivity contribution < 1.29 is 4.74 Å².